The fourth-order valence-electron chi connectivity index (χ4n) is 4.59. The predicted molar refractivity (Wildman–Crippen MR) is 132 cm³/mol. The Morgan fingerprint density at radius 2 is 1.68 bits per heavy atom. The van der Waals surface area contributed by atoms with Crippen LogP contribution >= 0.6 is 0 Å². The summed E-state index contributed by atoms with van der Waals surface area (Å²) in [4.78, 5) is 15.9. The molecule has 2 amide bonds. The molecule has 184 valence electrons. The van der Waals surface area contributed by atoms with Gasteiger partial charge in [0.2, 0.25) is 0 Å². The molecule has 2 aromatic carbocycles. The van der Waals surface area contributed by atoms with Crippen LogP contribution in [0.5, 0.6) is 11.5 Å². The summed E-state index contributed by atoms with van der Waals surface area (Å²) >= 11 is 0. The van der Waals surface area contributed by atoms with Crippen molar-refractivity contribution < 1.29 is 19.0 Å². The summed E-state index contributed by atoms with van der Waals surface area (Å²) in [6, 6.07) is 16.5. The highest BCUT2D eigenvalue weighted by atomic mass is 16.5. The lowest BCUT2D eigenvalue weighted by atomic mass is 9.95. The molecule has 0 spiro atoms. The normalized spacial score (nSPS) is 21.2. The Bertz CT molecular complexity index is 918. The third-order valence-corrected chi connectivity index (χ3v) is 6.85. The summed E-state index contributed by atoms with van der Waals surface area (Å²) in [5.74, 6) is 1.74. The Hall–Kier alpha value is -2.77. The molecule has 2 saturated heterocycles. The van der Waals surface area contributed by atoms with E-state index < -0.39 is 0 Å². The number of likely N-dealkylation sites (tertiary alicyclic amines) is 1. The van der Waals surface area contributed by atoms with Crippen LogP contribution in [-0.2, 0) is 11.3 Å². The van der Waals surface area contributed by atoms with E-state index in [2.05, 4.69) is 41.4 Å². The molecule has 2 aliphatic rings. The zero-order valence-electron chi connectivity index (χ0n) is 20.4. The number of hydrogen-bond acceptors (Lipinski definition) is 5. The van der Waals surface area contributed by atoms with Crippen LogP contribution in [-0.4, -0.2) is 74.5 Å². The molecule has 2 aromatic rings. The second-order valence-electron chi connectivity index (χ2n) is 9.33. The van der Waals surface area contributed by atoms with Crippen molar-refractivity contribution in [3.05, 3.63) is 59.7 Å². The van der Waals surface area contributed by atoms with Gasteiger partial charge in [-0.15, -0.1) is 0 Å². The summed E-state index contributed by atoms with van der Waals surface area (Å²) in [5.41, 5.74) is 2.26. The lowest BCUT2D eigenvalue weighted by Gasteiger charge is -2.31. The first-order valence-electron chi connectivity index (χ1n) is 12.3. The number of rotatable bonds is 10. The van der Waals surface area contributed by atoms with Crippen LogP contribution in [0.3, 0.4) is 0 Å². The molecule has 0 aliphatic carbocycles. The lowest BCUT2D eigenvalue weighted by molar-refractivity contribution is -0.0541. The first-order valence-corrected chi connectivity index (χ1v) is 12.3. The largest absolute Gasteiger partial charge is 0.492 e. The van der Waals surface area contributed by atoms with Gasteiger partial charge in [-0.05, 0) is 62.6 Å². The molecular weight excluding hydrogens is 430 g/mol. The molecular formula is C27H37N3O4. The molecule has 2 heterocycles. The minimum absolute atomic E-state index is 0.00407. The van der Waals surface area contributed by atoms with Gasteiger partial charge in [-0.25, -0.2) is 4.79 Å². The summed E-state index contributed by atoms with van der Waals surface area (Å²) in [6.07, 6.45) is 3.02. The van der Waals surface area contributed by atoms with Gasteiger partial charge in [-0.1, -0.05) is 29.8 Å². The average molecular weight is 468 g/mol. The number of methoxy groups -OCH3 is 1. The summed E-state index contributed by atoms with van der Waals surface area (Å²) in [7, 11) is 1.81. The van der Waals surface area contributed by atoms with Crippen molar-refractivity contribution >= 4 is 6.03 Å². The summed E-state index contributed by atoms with van der Waals surface area (Å²) < 4.78 is 17.9. The SMILES string of the molecule is CO[C@]1(COc2ccc(C)cc2)CCCN(Cc2ccc(OCCN3CCNC3=O)cc2)CC1. The highest BCUT2D eigenvalue weighted by molar-refractivity contribution is 5.76. The molecule has 2 aliphatic heterocycles. The molecule has 0 radical (unpaired) electrons. The number of carbonyl (C=O) groups is 1. The molecule has 0 saturated carbocycles. The molecule has 1 atom stereocenters. The third kappa shape index (κ3) is 6.64. The van der Waals surface area contributed by atoms with Crippen molar-refractivity contribution in [2.75, 3.05) is 53.0 Å². The predicted octanol–water partition coefficient (Wildman–Crippen LogP) is 3.85. The van der Waals surface area contributed by atoms with E-state index in [0.717, 1.165) is 63.5 Å². The first kappa shape index (κ1) is 24.4. The topological polar surface area (TPSA) is 63.3 Å². The molecule has 7 nitrogen and oxygen atoms in total. The van der Waals surface area contributed by atoms with Gasteiger partial charge in [0.25, 0.3) is 0 Å². The standard InChI is InChI=1S/C27H37N3O4/c1-22-4-8-25(9-5-22)34-21-27(32-2)12-3-15-29(16-13-27)20-23-6-10-24(11-7-23)33-19-18-30-17-14-28-26(30)31/h4-11H,3,12-21H2,1-2H3,(H,28,31)/t27-/m1/s1. The van der Waals surface area contributed by atoms with Crippen molar-refractivity contribution in [3.8, 4) is 11.5 Å². The zero-order valence-corrected chi connectivity index (χ0v) is 20.4. The van der Waals surface area contributed by atoms with Gasteiger partial charge in [0.15, 0.2) is 0 Å². The molecule has 0 aromatic heterocycles. The number of aryl methyl sites for hydroxylation is 1. The van der Waals surface area contributed by atoms with Crippen molar-refractivity contribution in [2.24, 2.45) is 0 Å². The molecule has 34 heavy (non-hydrogen) atoms. The van der Waals surface area contributed by atoms with Gasteiger partial charge in [0.05, 0.1) is 6.54 Å². The van der Waals surface area contributed by atoms with Gasteiger partial charge in [0.1, 0.15) is 30.3 Å². The number of urea groups is 1. The van der Waals surface area contributed by atoms with Gasteiger partial charge >= 0.3 is 6.03 Å². The highest BCUT2D eigenvalue weighted by Gasteiger charge is 2.33. The minimum atomic E-state index is -0.246. The molecule has 2 fully saturated rings. The van der Waals surface area contributed by atoms with Crippen LogP contribution in [0.2, 0.25) is 0 Å². The van der Waals surface area contributed by atoms with Gasteiger partial charge in [-0.2, -0.15) is 0 Å². The van der Waals surface area contributed by atoms with Gasteiger partial charge in [0, 0.05) is 33.3 Å². The monoisotopic (exact) mass is 467 g/mol. The smallest absolute Gasteiger partial charge is 0.317 e. The van der Waals surface area contributed by atoms with E-state index in [1.54, 1.807) is 4.90 Å². The van der Waals surface area contributed by atoms with Crippen LogP contribution in [0.4, 0.5) is 4.79 Å². The van der Waals surface area contributed by atoms with Crippen molar-refractivity contribution in [1.82, 2.24) is 15.1 Å². The molecule has 7 heteroatoms. The Labute approximate surface area is 203 Å². The maximum absolute atomic E-state index is 11.6. The number of nitrogens with zero attached hydrogens (tertiary/aromatic N) is 2. The first-order chi connectivity index (χ1) is 16.5. The van der Waals surface area contributed by atoms with Crippen molar-refractivity contribution in [3.63, 3.8) is 0 Å². The Morgan fingerprint density at radius 3 is 2.38 bits per heavy atom. The van der Waals surface area contributed by atoms with E-state index in [9.17, 15) is 4.79 Å². The van der Waals surface area contributed by atoms with E-state index in [4.69, 9.17) is 14.2 Å². The van der Waals surface area contributed by atoms with E-state index >= 15 is 0 Å². The quantitative estimate of drug-likeness (QED) is 0.575. The van der Waals surface area contributed by atoms with Crippen LogP contribution in [0.15, 0.2) is 48.5 Å². The van der Waals surface area contributed by atoms with Crippen LogP contribution in [0.1, 0.15) is 30.4 Å². The van der Waals surface area contributed by atoms with E-state index in [1.807, 2.05) is 31.4 Å². The molecule has 0 bridgehead atoms. The number of nitrogens with one attached hydrogen (secondary N) is 1. The van der Waals surface area contributed by atoms with Crippen LogP contribution in [0, 0.1) is 6.92 Å². The van der Waals surface area contributed by atoms with Crippen molar-refractivity contribution in [2.45, 2.75) is 38.3 Å². The van der Waals surface area contributed by atoms with E-state index in [0.29, 0.717) is 19.8 Å². The van der Waals surface area contributed by atoms with Crippen molar-refractivity contribution in [1.29, 1.82) is 0 Å². The Kier molecular flexibility index (Phi) is 8.29. The van der Waals surface area contributed by atoms with Gasteiger partial charge in [-0.3, -0.25) is 4.90 Å². The number of ether oxygens (including phenoxy) is 3. The van der Waals surface area contributed by atoms with Gasteiger partial charge < -0.3 is 24.4 Å². The maximum Gasteiger partial charge on any atom is 0.317 e. The second kappa shape index (κ2) is 11.6. The zero-order chi connectivity index (χ0) is 23.8. The summed E-state index contributed by atoms with van der Waals surface area (Å²) in [6.45, 7) is 8.16. The third-order valence-electron chi connectivity index (χ3n) is 6.85. The summed E-state index contributed by atoms with van der Waals surface area (Å²) in [5, 5.41) is 2.81. The average Bonchev–Trinajstić information content (AvgIpc) is 3.15. The van der Waals surface area contributed by atoms with E-state index in [-0.39, 0.29) is 11.6 Å². The van der Waals surface area contributed by atoms with E-state index in [1.165, 1.54) is 11.1 Å². The fourth-order valence-corrected chi connectivity index (χ4v) is 4.59. The lowest BCUT2D eigenvalue weighted by Crippen LogP contribution is -2.39. The Morgan fingerprint density at radius 1 is 0.941 bits per heavy atom. The van der Waals surface area contributed by atoms with Crippen LogP contribution in [0.25, 0.3) is 0 Å². The molecule has 0 unspecified atom stereocenters. The van der Waals surface area contributed by atoms with Crippen LogP contribution < -0.4 is 14.8 Å². The molecule has 4 rings (SSSR count). The highest BCUT2D eigenvalue weighted by Crippen LogP contribution is 2.28. The number of carbonyl (C=O) groups excluding carboxylic acids is 1. The molecule has 1 N–H and O–H groups in total. The maximum atomic E-state index is 11.6. The second-order valence-corrected chi connectivity index (χ2v) is 9.33. The fraction of sp³-hybridized carbons (Fsp3) is 0.519. The number of benzene rings is 2. The number of amides is 2. The minimum Gasteiger partial charge on any atom is -0.492 e. The number of hydrogen-bond donors (Lipinski definition) is 1. The Balaban J connectivity index is 1.23.